The van der Waals surface area contributed by atoms with E-state index in [1.165, 1.54) is 0 Å². The van der Waals surface area contributed by atoms with Gasteiger partial charge in [-0.2, -0.15) is 0 Å². The molecule has 6 heteroatoms. The minimum absolute atomic E-state index is 0.255. The van der Waals surface area contributed by atoms with Crippen molar-refractivity contribution < 1.29 is 8.42 Å². The monoisotopic (exact) mass is 354 g/mol. The summed E-state index contributed by atoms with van der Waals surface area (Å²) in [5.41, 5.74) is 1.72. The summed E-state index contributed by atoms with van der Waals surface area (Å²) < 4.78 is 27.2. The van der Waals surface area contributed by atoms with Crippen LogP contribution in [0, 0.1) is 0 Å². The Labute approximate surface area is 127 Å². The second-order valence-electron chi connectivity index (χ2n) is 4.38. The Morgan fingerprint density at radius 1 is 1.20 bits per heavy atom. The molecule has 0 radical (unpaired) electrons. The van der Waals surface area contributed by atoms with Gasteiger partial charge in [0.05, 0.1) is 16.6 Å². The molecule has 0 saturated carbocycles. The smallest absolute Gasteiger partial charge is 0.241 e. The average Bonchev–Trinajstić information content (AvgIpc) is 2.48. The number of hydrogen-bond donors (Lipinski definition) is 1. The fraction of sp³-hybridized carbons (Fsp3) is 0.214. The number of alkyl halides is 1. The van der Waals surface area contributed by atoms with Crippen LogP contribution in [0.1, 0.15) is 24.2 Å². The van der Waals surface area contributed by atoms with Gasteiger partial charge in [0.2, 0.25) is 10.0 Å². The number of nitrogens with zero attached hydrogens (tertiary/aromatic N) is 1. The van der Waals surface area contributed by atoms with Crippen molar-refractivity contribution in [3.8, 4) is 0 Å². The molecule has 1 aromatic carbocycles. The van der Waals surface area contributed by atoms with E-state index >= 15 is 0 Å². The minimum atomic E-state index is -3.54. The molecule has 106 valence electrons. The third-order valence-electron chi connectivity index (χ3n) is 2.85. The molecule has 1 N–H and O–H groups in total. The summed E-state index contributed by atoms with van der Waals surface area (Å²) in [4.78, 5) is 4.41. The number of hydrogen-bond acceptors (Lipinski definition) is 3. The van der Waals surface area contributed by atoms with E-state index in [1.54, 1.807) is 49.5 Å². The molecule has 2 rings (SSSR count). The van der Waals surface area contributed by atoms with Gasteiger partial charge in [0.15, 0.2) is 0 Å². The van der Waals surface area contributed by atoms with Crippen LogP contribution in [0.25, 0.3) is 0 Å². The zero-order valence-electron chi connectivity index (χ0n) is 11.0. The molecule has 20 heavy (non-hydrogen) atoms. The van der Waals surface area contributed by atoms with Crippen LogP contribution in [-0.4, -0.2) is 13.4 Å². The maximum atomic E-state index is 12.3. The van der Waals surface area contributed by atoms with Crippen LogP contribution in [-0.2, 0) is 15.4 Å². The highest BCUT2D eigenvalue weighted by molar-refractivity contribution is 9.08. The molecule has 1 atom stereocenters. The van der Waals surface area contributed by atoms with Gasteiger partial charge in [-0.15, -0.1) is 0 Å². The molecule has 4 nitrogen and oxygen atoms in total. The highest BCUT2D eigenvalue weighted by atomic mass is 79.9. The molecule has 1 heterocycles. The van der Waals surface area contributed by atoms with Crippen molar-refractivity contribution in [3.05, 3.63) is 59.9 Å². The molecule has 2 aromatic rings. The fourth-order valence-electron chi connectivity index (χ4n) is 1.75. The van der Waals surface area contributed by atoms with Crippen LogP contribution >= 0.6 is 15.9 Å². The highest BCUT2D eigenvalue weighted by Gasteiger charge is 2.18. The van der Waals surface area contributed by atoms with Crippen molar-refractivity contribution in [2.45, 2.75) is 23.2 Å². The lowest BCUT2D eigenvalue weighted by Crippen LogP contribution is -2.27. The Hall–Kier alpha value is -1.24. The average molecular weight is 355 g/mol. The second kappa shape index (κ2) is 6.47. The van der Waals surface area contributed by atoms with Crippen LogP contribution in [0.2, 0.25) is 0 Å². The molecule has 0 saturated heterocycles. The lowest BCUT2D eigenvalue weighted by molar-refractivity contribution is 0.564. The maximum absolute atomic E-state index is 12.3. The first-order valence-corrected chi connectivity index (χ1v) is 8.71. The predicted molar refractivity (Wildman–Crippen MR) is 82.0 cm³/mol. The largest absolute Gasteiger partial charge is 0.260 e. The van der Waals surface area contributed by atoms with Crippen molar-refractivity contribution >= 4 is 26.0 Å². The first-order chi connectivity index (χ1) is 9.53. The highest BCUT2D eigenvalue weighted by Crippen LogP contribution is 2.16. The summed E-state index contributed by atoms with van der Waals surface area (Å²) >= 11 is 3.33. The summed E-state index contributed by atoms with van der Waals surface area (Å²) in [6.07, 6.45) is 1.64. The van der Waals surface area contributed by atoms with Gasteiger partial charge >= 0.3 is 0 Å². The van der Waals surface area contributed by atoms with Crippen molar-refractivity contribution in [2.75, 3.05) is 0 Å². The zero-order chi connectivity index (χ0) is 14.6. The maximum Gasteiger partial charge on any atom is 0.241 e. The van der Waals surface area contributed by atoms with Gasteiger partial charge in [-0.25, -0.2) is 13.1 Å². The summed E-state index contributed by atoms with van der Waals surface area (Å²) in [6, 6.07) is 11.8. The minimum Gasteiger partial charge on any atom is -0.260 e. The van der Waals surface area contributed by atoms with E-state index in [4.69, 9.17) is 0 Å². The van der Waals surface area contributed by atoms with Gasteiger partial charge in [-0.1, -0.05) is 34.1 Å². The van der Waals surface area contributed by atoms with Gasteiger partial charge in [0, 0.05) is 11.5 Å². The summed E-state index contributed by atoms with van der Waals surface area (Å²) in [5.74, 6) is 0. The number of aromatic nitrogens is 1. The normalized spacial score (nSPS) is 13.1. The number of sulfonamides is 1. The molecule has 0 amide bonds. The molecule has 0 aliphatic carbocycles. The topological polar surface area (TPSA) is 59.1 Å². The van der Waals surface area contributed by atoms with E-state index in [2.05, 4.69) is 25.6 Å². The first kappa shape index (κ1) is 15.2. The third-order valence-corrected chi connectivity index (χ3v) is 5.06. The standard InChI is InChI=1S/C14H15BrN2O2S/c1-11(14-4-2-3-9-16-14)17-20(18,19)13-7-5-12(10-15)6-8-13/h2-9,11,17H,10H2,1H3. The van der Waals surface area contributed by atoms with E-state index in [0.29, 0.717) is 11.0 Å². The van der Waals surface area contributed by atoms with Gasteiger partial charge in [-0.3, -0.25) is 4.98 Å². The molecule has 0 aliphatic heterocycles. The number of halogens is 1. The van der Waals surface area contributed by atoms with Crippen molar-refractivity contribution in [2.24, 2.45) is 0 Å². The Bertz CT molecular complexity index is 657. The zero-order valence-corrected chi connectivity index (χ0v) is 13.4. The number of rotatable bonds is 5. The van der Waals surface area contributed by atoms with Crippen molar-refractivity contribution in [1.29, 1.82) is 0 Å². The Morgan fingerprint density at radius 2 is 1.90 bits per heavy atom. The van der Waals surface area contributed by atoms with Crippen LogP contribution in [0.15, 0.2) is 53.6 Å². The fourth-order valence-corrected chi connectivity index (χ4v) is 3.34. The molecule has 0 spiro atoms. The molecule has 0 fully saturated rings. The van der Waals surface area contributed by atoms with Crippen LogP contribution in [0.5, 0.6) is 0 Å². The first-order valence-electron chi connectivity index (χ1n) is 6.11. The quantitative estimate of drug-likeness (QED) is 0.839. The molecular formula is C14H15BrN2O2S. The molecule has 1 aromatic heterocycles. The lowest BCUT2D eigenvalue weighted by atomic mass is 10.2. The number of nitrogens with one attached hydrogen (secondary N) is 1. The van der Waals surface area contributed by atoms with Gasteiger partial charge < -0.3 is 0 Å². The van der Waals surface area contributed by atoms with Crippen molar-refractivity contribution in [3.63, 3.8) is 0 Å². The SMILES string of the molecule is CC(NS(=O)(=O)c1ccc(CBr)cc1)c1ccccn1. The number of benzene rings is 1. The van der Waals surface area contributed by atoms with Crippen LogP contribution in [0.3, 0.4) is 0 Å². The second-order valence-corrected chi connectivity index (χ2v) is 6.65. The molecular weight excluding hydrogens is 340 g/mol. The Balaban J connectivity index is 2.18. The van der Waals surface area contributed by atoms with Gasteiger partial charge in [-0.05, 0) is 36.8 Å². The Morgan fingerprint density at radius 3 is 2.45 bits per heavy atom. The van der Waals surface area contributed by atoms with E-state index in [1.807, 2.05) is 6.07 Å². The summed E-state index contributed by atoms with van der Waals surface area (Å²) in [6.45, 7) is 1.77. The predicted octanol–water partition coefficient (Wildman–Crippen LogP) is 3.02. The lowest BCUT2D eigenvalue weighted by Gasteiger charge is -2.13. The van der Waals surface area contributed by atoms with E-state index in [-0.39, 0.29) is 10.9 Å². The Kier molecular flexibility index (Phi) is 4.91. The van der Waals surface area contributed by atoms with E-state index in [0.717, 1.165) is 5.56 Å². The molecule has 1 unspecified atom stereocenters. The van der Waals surface area contributed by atoms with E-state index < -0.39 is 10.0 Å². The molecule has 0 bridgehead atoms. The van der Waals surface area contributed by atoms with Crippen LogP contribution in [0.4, 0.5) is 0 Å². The van der Waals surface area contributed by atoms with Gasteiger partial charge in [0.1, 0.15) is 0 Å². The summed E-state index contributed by atoms with van der Waals surface area (Å²) in [5, 5.41) is 0.699. The molecule has 0 aliphatic rings. The third kappa shape index (κ3) is 3.65. The van der Waals surface area contributed by atoms with Crippen molar-refractivity contribution in [1.82, 2.24) is 9.71 Å². The van der Waals surface area contributed by atoms with Gasteiger partial charge in [0.25, 0.3) is 0 Å². The van der Waals surface area contributed by atoms with E-state index in [9.17, 15) is 8.42 Å². The number of pyridine rings is 1. The van der Waals surface area contributed by atoms with Crippen LogP contribution < -0.4 is 4.72 Å². The summed E-state index contributed by atoms with van der Waals surface area (Å²) in [7, 11) is -3.54.